The van der Waals surface area contributed by atoms with Gasteiger partial charge in [-0.25, -0.2) is 9.69 Å². The van der Waals surface area contributed by atoms with E-state index in [4.69, 9.17) is 27.9 Å². The van der Waals surface area contributed by atoms with Crippen molar-refractivity contribution in [2.24, 2.45) is 0 Å². The van der Waals surface area contributed by atoms with E-state index in [9.17, 15) is 27.6 Å². The third kappa shape index (κ3) is 4.12. The minimum Gasteiger partial charge on any atom is -0.496 e. The molecule has 4 amide bonds. The lowest BCUT2D eigenvalue weighted by Gasteiger charge is -2.27. The van der Waals surface area contributed by atoms with Crippen LogP contribution in [0.2, 0.25) is 10.0 Å². The summed E-state index contributed by atoms with van der Waals surface area (Å²) in [6, 6.07) is 5.34. The summed E-state index contributed by atoms with van der Waals surface area (Å²) >= 11 is 11.9. The first-order chi connectivity index (χ1) is 14.0. The Balaban J connectivity index is 2.12. The summed E-state index contributed by atoms with van der Waals surface area (Å²) in [4.78, 5) is 37.8. The van der Waals surface area contributed by atoms with Gasteiger partial charge in [0.15, 0.2) is 0 Å². The number of imide groups is 2. The van der Waals surface area contributed by atoms with Crippen molar-refractivity contribution in [3.63, 3.8) is 0 Å². The van der Waals surface area contributed by atoms with Crippen LogP contribution in [0.3, 0.4) is 0 Å². The van der Waals surface area contributed by atoms with E-state index in [1.807, 2.05) is 5.32 Å². The van der Waals surface area contributed by atoms with Crippen molar-refractivity contribution >= 4 is 52.8 Å². The van der Waals surface area contributed by atoms with Crippen molar-refractivity contribution in [3.8, 4) is 5.75 Å². The summed E-state index contributed by atoms with van der Waals surface area (Å²) in [5, 5.41) is 1.90. The molecule has 2 aromatic rings. The van der Waals surface area contributed by atoms with Crippen LogP contribution in [0.1, 0.15) is 11.1 Å². The van der Waals surface area contributed by atoms with E-state index in [1.165, 1.54) is 25.3 Å². The fraction of sp³-hybridized carbons (Fsp3) is 0.105. The van der Waals surface area contributed by atoms with Crippen LogP contribution in [0.4, 0.5) is 23.7 Å². The van der Waals surface area contributed by atoms with Gasteiger partial charge in [-0.3, -0.25) is 14.9 Å². The molecule has 1 N–H and O–H groups in total. The zero-order valence-corrected chi connectivity index (χ0v) is 16.5. The maximum Gasteiger partial charge on any atom is 0.416 e. The Hall–Kier alpha value is -3.04. The first-order valence-corrected chi connectivity index (χ1v) is 8.90. The van der Waals surface area contributed by atoms with Crippen LogP contribution in [0.5, 0.6) is 5.75 Å². The number of hydrogen-bond acceptors (Lipinski definition) is 4. The number of halogens is 5. The fourth-order valence-electron chi connectivity index (χ4n) is 2.71. The minimum atomic E-state index is -4.74. The number of methoxy groups -OCH3 is 1. The first-order valence-electron chi connectivity index (χ1n) is 8.14. The van der Waals surface area contributed by atoms with Gasteiger partial charge in [0.25, 0.3) is 11.8 Å². The Kier molecular flexibility index (Phi) is 5.78. The number of benzene rings is 2. The van der Waals surface area contributed by atoms with Gasteiger partial charge in [0.2, 0.25) is 0 Å². The predicted octanol–water partition coefficient (Wildman–Crippen LogP) is 4.69. The van der Waals surface area contributed by atoms with E-state index in [1.54, 1.807) is 0 Å². The standard InChI is InChI=1S/C19H11Cl2F3N2O4/c1-30-15-5-3-11(20)6-9(15)7-12-16(27)25-18(29)26(17(12)28)14-8-10(19(22,23)24)2-4-13(14)21/h2-8H,1H3,(H,25,27,29)/b12-7-. The molecule has 156 valence electrons. The number of nitrogens with one attached hydrogen (secondary N) is 1. The van der Waals surface area contributed by atoms with Crippen LogP contribution in [0, 0.1) is 0 Å². The van der Waals surface area contributed by atoms with Gasteiger partial charge in [-0.05, 0) is 42.5 Å². The van der Waals surface area contributed by atoms with Gasteiger partial charge >= 0.3 is 12.2 Å². The second kappa shape index (κ2) is 8.00. The zero-order valence-electron chi connectivity index (χ0n) is 15.0. The number of ether oxygens (including phenoxy) is 1. The van der Waals surface area contributed by atoms with Gasteiger partial charge in [0, 0.05) is 10.6 Å². The molecule has 0 aromatic heterocycles. The zero-order chi connectivity index (χ0) is 22.2. The van der Waals surface area contributed by atoms with Gasteiger partial charge in [0.05, 0.1) is 23.4 Å². The molecule has 1 aliphatic heterocycles. The monoisotopic (exact) mass is 458 g/mol. The third-order valence-electron chi connectivity index (χ3n) is 4.11. The average molecular weight is 459 g/mol. The number of barbiturate groups is 1. The third-order valence-corrected chi connectivity index (χ3v) is 4.66. The molecule has 0 atom stereocenters. The maximum atomic E-state index is 13.1. The molecule has 0 unspecified atom stereocenters. The Morgan fingerprint density at radius 1 is 1.07 bits per heavy atom. The van der Waals surface area contributed by atoms with Crippen LogP contribution >= 0.6 is 23.2 Å². The Labute approximate surface area is 177 Å². The molecule has 0 radical (unpaired) electrons. The van der Waals surface area contributed by atoms with Crippen LogP contribution in [0.25, 0.3) is 6.08 Å². The summed E-state index contributed by atoms with van der Waals surface area (Å²) in [5.74, 6) is -1.92. The average Bonchev–Trinajstić information content (AvgIpc) is 2.65. The van der Waals surface area contributed by atoms with E-state index in [0.29, 0.717) is 17.0 Å². The van der Waals surface area contributed by atoms with E-state index in [0.717, 1.165) is 12.1 Å². The molecule has 11 heteroatoms. The molecular formula is C19H11Cl2F3N2O4. The number of carbonyl (C=O) groups excluding carboxylic acids is 3. The highest BCUT2D eigenvalue weighted by Gasteiger charge is 2.39. The predicted molar refractivity (Wildman–Crippen MR) is 103 cm³/mol. The van der Waals surface area contributed by atoms with E-state index in [2.05, 4.69) is 0 Å². The number of amides is 4. The number of rotatable bonds is 3. The summed E-state index contributed by atoms with van der Waals surface area (Å²) in [7, 11) is 1.35. The van der Waals surface area contributed by atoms with Crippen molar-refractivity contribution in [1.82, 2.24) is 5.32 Å². The Morgan fingerprint density at radius 2 is 1.77 bits per heavy atom. The Morgan fingerprint density at radius 3 is 2.40 bits per heavy atom. The topological polar surface area (TPSA) is 75.7 Å². The van der Waals surface area contributed by atoms with Crippen molar-refractivity contribution in [2.75, 3.05) is 12.0 Å². The van der Waals surface area contributed by atoms with Crippen LogP contribution in [-0.4, -0.2) is 25.0 Å². The normalized spacial score (nSPS) is 16.1. The minimum absolute atomic E-state index is 0.243. The molecule has 0 bridgehead atoms. The molecule has 0 saturated carbocycles. The van der Waals surface area contributed by atoms with E-state index < -0.39 is 40.8 Å². The van der Waals surface area contributed by atoms with Crippen LogP contribution in [-0.2, 0) is 15.8 Å². The molecule has 30 heavy (non-hydrogen) atoms. The molecule has 2 aromatic carbocycles. The van der Waals surface area contributed by atoms with E-state index in [-0.39, 0.29) is 21.4 Å². The van der Waals surface area contributed by atoms with Gasteiger partial charge in [-0.2, -0.15) is 13.2 Å². The van der Waals surface area contributed by atoms with Gasteiger partial charge < -0.3 is 4.74 Å². The number of nitrogens with zero attached hydrogens (tertiary/aromatic N) is 1. The lowest BCUT2D eigenvalue weighted by molar-refractivity contribution is -0.137. The summed E-state index contributed by atoms with van der Waals surface area (Å²) in [6.45, 7) is 0. The van der Waals surface area contributed by atoms with Crippen molar-refractivity contribution in [1.29, 1.82) is 0 Å². The highest BCUT2D eigenvalue weighted by atomic mass is 35.5. The molecule has 3 rings (SSSR count). The molecule has 6 nitrogen and oxygen atoms in total. The Bertz CT molecular complexity index is 1100. The summed E-state index contributed by atoms with van der Waals surface area (Å²) in [5.41, 5.74) is -1.93. The van der Waals surface area contributed by atoms with Crippen molar-refractivity contribution in [3.05, 3.63) is 63.1 Å². The van der Waals surface area contributed by atoms with Gasteiger partial charge in [-0.1, -0.05) is 23.2 Å². The highest BCUT2D eigenvalue weighted by Crippen LogP contribution is 2.37. The molecule has 1 fully saturated rings. The van der Waals surface area contributed by atoms with Crippen LogP contribution < -0.4 is 15.0 Å². The summed E-state index contributed by atoms with van der Waals surface area (Å²) < 4.78 is 44.4. The largest absolute Gasteiger partial charge is 0.496 e. The number of carbonyl (C=O) groups is 3. The molecular weight excluding hydrogens is 448 g/mol. The van der Waals surface area contributed by atoms with Crippen molar-refractivity contribution < 1.29 is 32.3 Å². The highest BCUT2D eigenvalue weighted by molar-refractivity contribution is 6.42. The second-order valence-electron chi connectivity index (χ2n) is 6.01. The lowest BCUT2D eigenvalue weighted by atomic mass is 10.1. The van der Waals surface area contributed by atoms with Gasteiger partial charge in [0.1, 0.15) is 11.3 Å². The second-order valence-corrected chi connectivity index (χ2v) is 6.85. The lowest BCUT2D eigenvalue weighted by Crippen LogP contribution is -2.54. The fourth-order valence-corrected chi connectivity index (χ4v) is 3.09. The number of anilines is 1. The first kappa shape index (κ1) is 21.7. The molecule has 1 aliphatic rings. The van der Waals surface area contributed by atoms with Crippen LogP contribution in [0.15, 0.2) is 42.0 Å². The smallest absolute Gasteiger partial charge is 0.416 e. The SMILES string of the molecule is COc1ccc(Cl)cc1/C=C1/C(=O)NC(=O)N(c2cc(C(F)(F)F)ccc2Cl)C1=O. The van der Waals surface area contributed by atoms with E-state index >= 15 is 0 Å². The molecule has 0 spiro atoms. The van der Waals surface area contributed by atoms with Crippen molar-refractivity contribution in [2.45, 2.75) is 6.18 Å². The quantitative estimate of drug-likeness (QED) is 0.534. The summed E-state index contributed by atoms with van der Waals surface area (Å²) in [6.07, 6.45) is -3.62. The van der Waals surface area contributed by atoms with Gasteiger partial charge in [-0.15, -0.1) is 0 Å². The number of alkyl halides is 3. The molecule has 1 heterocycles. The number of hydrogen-bond donors (Lipinski definition) is 1. The molecule has 0 aliphatic carbocycles. The number of urea groups is 1. The molecule has 1 saturated heterocycles. The maximum absolute atomic E-state index is 13.1.